The van der Waals surface area contributed by atoms with E-state index in [9.17, 15) is 0 Å². The van der Waals surface area contributed by atoms with E-state index in [-0.39, 0.29) is 0 Å². The Balaban J connectivity index is 1.75. The molecule has 0 aliphatic carbocycles. The van der Waals surface area contributed by atoms with Crippen molar-refractivity contribution in [3.63, 3.8) is 0 Å². The SMILES string of the molecule is Cn1cc(CN2CCC[C@@H]2c2ccccn2)cn1. The third kappa shape index (κ3) is 2.29. The number of hydrogen-bond acceptors (Lipinski definition) is 3. The molecule has 18 heavy (non-hydrogen) atoms. The summed E-state index contributed by atoms with van der Waals surface area (Å²) < 4.78 is 1.86. The molecule has 2 aromatic heterocycles. The monoisotopic (exact) mass is 242 g/mol. The van der Waals surface area contributed by atoms with Crippen molar-refractivity contribution in [3.8, 4) is 0 Å². The summed E-state index contributed by atoms with van der Waals surface area (Å²) >= 11 is 0. The third-order valence-corrected chi connectivity index (χ3v) is 3.54. The third-order valence-electron chi connectivity index (χ3n) is 3.54. The molecule has 3 rings (SSSR count). The molecule has 0 bridgehead atoms. The summed E-state index contributed by atoms with van der Waals surface area (Å²) in [6, 6.07) is 6.64. The Kier molecular flexibility index (Phi) is 3.11. The summed E-state index contributed by atoms with van der Waals surface area (Å²) in [6.45, 7) is 2.12. The molecule has 0 N–H and O–H groups in total. The molecule has 1 fully saturated rings. The highest BCUT2D eigenvalue weighted by Crippen LogP contribution is 2.31. The predicted molar refractivity (Wildman–Crippen MR) is 69.8 cm³/mol. The molecule has 0 unspecified atom stereocenters. The van der Waals surface area contributed by atoms with Gasteiger partial charge in [0.1, 0.15) is 0 Å². The first kappa shape index (κ1) is 11.4. The second-order valence-electron chi connectivity index (χ2n) is 4.91. The Morgan fingerprint density at radius 2 is 2.33 bits per heavy atom. The van der Waals surface area contributed by atoms with E-state index in [0.29, 0.717) is 6.04 Å². The van der Waals surface area contributed by atoms with E-state index < -0.39 is 0 Å². The van der Waals surface area contributed by atoms with Gasteiger partial charge in [0.15, 0.2) is 0 Å². The number of pyridine rings is 1. The Morgan fingerprint density at radius 3 is 3.06 bits per heavy atom. The molecule has 4 heteroatoms. The fourth-order valence-corrected chi connectivity index (χ4v) is 2.71. The first-order valence-corrected chi connectivity index (χ1v) is 6.45. The van der Waals surface area contributed by atoms with Crippen LogP contribution < -0.4 is 0 Å². The molecule has 94 valence electrons. The van der Waals surface area contributed by atoms with Crippen LogP contribution in [0.1, 0.15) is 30.1 Å². The number of aryl methyl sites for hydroxylation is 1. The van der Waals surface area contributed by atoms with Crippen LogP contribution in [0, 0.1) is 0 Å². The fraction of sp³-hybridized carbons (Fsp3) is 0.429. The van der Waals surface area contributed by atoms with Gasteiger partial charge in [0.2, 0.25) is 0 Å². The molecule has 0 spiro atoms. The Bertz CT molecular complexity index is 506. The van der Waals surface area contributed by atoms with Crippen LogP contribution in [0.5, 0.6) is 0 Å². The van der Waals surface area contributed by atoms with Crippen molar-refractivity contribution in [2.75, 3.05) is 6.54 Å². The van der Waals surface area contributed by atoms with Gasteiger partial charge in [-0.15, -0.1) is 0 Å². The lowest BCUT2D eigenvalue weighted by molar-refractivity contribution is 0.244. The lowest BCUT2D eigenvalue weighted by Crippen LogP contribution is -2.23. The summed E-state index contributed by atoms with van der Waals surface area (Å²) in [5.74, 6) is 0. The highest BCUT2D eigenvalue weighted by atomic mass is 15.2. The topological polar surface area (TPSA) is 34.0 Å². The Morgan fingerprint density at radius 1 is 1.39 bits per heavy atom. The summed E-state index contributed by atoms with van der Waals surface area (Å²) in [5.41, 5.74) is 2.47. The molecule has 1 saturated heterocycles. The zero-order chi connectivity index (χ0) is 12.4. The van der Waals surface area contributed by atoms with Gasteiger partial charge in [0.05, 0.1) is 17.9 Å². The minimum absolute atomic E-state index is 0.464. The van der Waals surface area contributed by atoms with E-state index in [2.05, 4.69) is 33.3 Å². The number of rotatable bonds is 3. The normalized spacial score (nSPS) is 20.4. The summed E-state index contributed by atoms with van der Waals surface area (Å²) in [6.07, 6.45) is 8.39. The molecule has 0 amide bonds. The van der Waals surface area contributed by atoms with Gasteiger partial charge in [0.25, 0.3) is 0 Å². The molecular weight excluding hydrogens is 224 g/mol. The average Bonchev–Trinajstić information content (AvgIpc) is 3.00. The molecule has 1 atom stereocenters. The second-order valence-corrected chi connectivity index (χ2v) is 4.91. The minimum atomic E-state index is 0.464. The molecule has 2 aromatic rings. The van der Waals surface area contributed by atoms with Crippen LogP contribution in [0.2, 0.25) is 0 Å². The average molecular weight is 242 g/mol. The van der Waals surface area contributed by atoms with Crippen molar-refractivity contribution in [2.24, 2.45) is 7.05 Å². The first-order valence-electron chi connectivity index (χ1n) is 6.45. The second kappa shape index (κ2) is 4.90. The summed E-state index contributed by atoms with van der Waals surface area (Å²) in [4.78, 5) is 6.99. The van der Waals surface area contributed by atoms with Gasteiger partial charge in [-0.05, 0) is 31.5 Å². The standard InChI is InChI=1S/C14H18N4/c1-17-10-12(9-16-17)11-18-8-4-6-14(18)13-5-2-3-7-15-13/h2-3,5,7,9-10,14H,4,6,8,11H2,1H3/t14-/m1/s1. The van der Waals surface area contributed by atoms with Gasteiger partial charge in [-0.3, -0.25) is 14.6 Å². The van der Waals surface area contributed by atoms with Crippen LogP contribution in [-0.4, -0.2) is 26.2 Å². The minimum Gasteiger partial charge on any atom is -0.290 e. The molecule has 1 aliphatic heterocycles. The van der Waals surface area contributed by atoms with Crippen molar-refractivity contribution >= 4 is 0 Å². The Hall–Kier alpha value is -1.68. The highest BCUT2D eigenvalue weighted by molar-refractivity contribution is 5.12. The van der Waals surface area contributed by atoms with Crippen molar-refractivity contribution in [3.05, 3.63) is 48.0 Å². The van der Waals surface area contributed by atoms with Gasteiger partial charge >= 0.3 is 0 Å². The van der Waals surface area contributed by atoms with Gasteiger partial charge in [0, 0.05) is 31.5 Å². The number of hydrogen-bond donors (Lipinski definition) is 0. The van der Waals surface area contributed by atoms with E-state index in [4.69, 9.17) is 0 Å². The number of nitrogens with zero attached hydrogens (tertiary/aromatic N) is 4. The first-order chi connectivity index (χ1) is 8.83. The molecule has 3 heterocycles. The zero-order valence-electron chi connectivity index (χ0n) is 10.7. The predicted octanol–water partition coefficient (Wildman–Crippen LogP) is 2.15. The van der Waals surface area contributed by atoms with Crippen LogP contribution in [0.3, 0.4) is 0 Å². The molecule has 4 nitrogen and oxygen atoms in total. The summed E-state index contributed by atoms with van der Waals surface area (Å²) in [7, 11) is 1.96. The van der Waals surface area contributed by atoms with E-state index >= 15 is 0 Å². The maximum absolute atomic E-state index is 4.50. The van der Waals surface area contributed by atoms with Crippen molar-refractivity contribution in [1.82, 2.24) is 19.7 Å². The van der Waals surface area contributed by atoms with Gasteiger partial charge < -0.3 is 0 Å². The van der Waals surface area contributed by atoms with E-state index in [1.807, 2.05) is 30.2 Å². The molecule has 0 saturated carbocycles. The molecular formula is C14H18N4. The molecule has 0 aromatic carbocycles. The van der Waals surface area contributed by atoms with E-state index in [1.165, 1.54) is 24.1 Å². The zero-order valence-corrected chi connectivity index (χ0v) is 10.7. The van der Waals surface area contributed by atoms with Crippen LogP contribution in [0.4, 0.5) is 0 Å². The molecule has 1 aliphatic rings. The highest BCUT2D eigenvalue weighted by Gasteiger charge is 2.26. The maximum atomic E-state index is 4.50. The fourth-order valence-electron chi connectivity index (χ4n) is 2.71. The van der Waals surface area contributed by atoms with Crippen LogP contribution in [-0.2, 0) is 13.6 Å². The number of likely N-dealkylation sites (tertiary alicyclic amines) is 1. The van der Waals surface area contributed by atoms with Crippen LogP contribution in [0.15, 0.2) is 36.8 Å². The Labute approximate surface area is 107 Å². The van der Waals surface area contributed by atoms with E-state index in [0.717, 1.165) is 13.1 Å². The van der Waals surface area contributed by atoms with E-state index in [1.54, 1.807) is 0 Å². The van der Waals surface area contributed by atoms with Gasteiger partial charge in [-0.25, -0.2) is 0 Å². The number of aromatic nitrogens is 3. The van der Waals surface area contributed by atoms with Crippen molar-refractivity contribution < 1.29 is 0 Å². The summed E-state index contributed by atoms with van der Waals surface area (Å²) in [5, 5.41) is 4.23. The lowest BCUT2D eigenvalue weighted by atomic mass is 10.1. The largest absolute Gasteiger partial charge is 0.290 e. The van der Waals surface area contributed by atoms with Crippen LogP contribution >= 0.6 is 0 Å². The van der Waals surface area contributed by atoms with Gasteiger partial charge in [-0.1, -0.05) is 6.07 Å². The van der Waals surface area contributed by atoms with Crippen molar-refractivity contribution in [1.29, 1.82) is 0 Å². The molecule has 0 radical (unpaired) electrons. The van der Waals surface area contributed by atoms with Crippen molar-refractivity contribution in [2.45, 2.75) is 25.4 Å². The quantitative estimate of drug-likeness (QED) is 0.827. The lowest BCUT2D eigenvalue weighted by Gasteiger charge is -2.23. The maximum Gasteiger partial charge on any atom is 0.0575 e. The van der Waals surface area contributed by atoms with Gasteiger partial charge in [-0.2, -0.15) is 5.10 Å². The van der Waals surface area contributed by atoms with Crippen LogP contribution in [0.25, 0.3) is 0 Å². The smallest absolute Gasteiger partial charge is 0.0575 e.